The van der Waals surface area contributed by atoms with Gasteiger partial charge < -0.3 is 19.8 Å². The number of aliphatic imine (C=N–C) groups is 1. The summed E-state index contributed by atoms with van der Waals surface area (Å²) in [5.74, 6) is 2.22. The van der Waals surface area contributed by atoms with E-state index >= 15 is 0 Å². The second kappa shape index (κ2) is 6.93. The highest BCUT2D eigenvalue weighted by atomic mass is 16.5. The number of methoxy groups -OCH3 is 1. The maximum absolute atomic E-state index is 5.73. The van der Waals surface area contributed by atoms with Gasteiger partial charge in [0.05, 0.1) is 18.3 Å². The van der Waals surface area contributed by atoms with E-state index in [1.807, 2.05) is 13.8 Å². The summed E-state index contributed by atoms with van der Waals surface area (Å²) in [6, 6.07) is 0. The molecule has 0 unspecified atom stereocenters. The van der Waals surface area contributed by atoms with Crippen LogP contribution in [0.5, 0.6) is 0 Å². The van der Waals surface area contributed by atoms with Crippen molar-refractivity contribution in [1.82, 2.24) is 15.6 Å². The van der Waals surface area contributed by atoms with Crippen molar-refractivity contribution in [2.45, 2.75) is 52.2 Å². The molecule has 0 spiro atoms. The number of guanidine groups is 1. The molecule has 0 bridgehead atoms. The van der Waals surface area contributed by atoms with Crippen molar-refractivity contribution >= 4 is 5.96 Å². The molecule has 1 aromatic heterocycles. The van der Waals surface area contributed by atoms with E-state index in [2.05, 4.69) is 41.4 Å². The molecule has 21 heavy (non-hydrogen) atoms. The van der Waals surface area contributed by atoms with Gasteiger partial charge in [0.1, 0.15) is 5.76 Å². The molecule has 0 atom stereocenters. The van der Waals surface area contributed by atoms with Crippen LogP contribution >= 0.6 is 0 Å². The number of oxazole rings is 1. The van der Waals surface area contributed by atoms with Gasteiger partial charge in [0, 0.05) is 26.1 Å². The minimum absolute atomic E-state index is 0.0341. The summed E-state index contributed by atoms with van der Waals surface area (Å²) in [6.07, 6.45) is 1.78. The molecule has 0 amide bonds. The monoisotopic (exact) mass is 296 g/mol. The van der Waals surface area contributed by atoms with E-state index in [4.69, 9.17) is 9.15 Å². The number of rotatable bonds is 5. The van der Waals surface area contributed by atoms with Gasteiger partial charge in [-0.2, -0.15) is 0 Å². The summed E-state index contributed by atoms with van der Waals surface area (Å²) in [5.41, 5.74) is -0.284. The van der Waals surface area contributed by atoms with Crippen LogP contribution in [0.1, 0.15) is 46.3 Å². The quantitative estimate of drug-likeness (QED) is 0.643. The lowest BCUT2D eigenvalue weighted by Crippen LogP contribution is -2.45. The summed E-state index contributed by atoms with van der Waals surface area (Å²) >= 11 is 0. The molecule has 0 aliphatic heterocycles. The van der Waals surface area contributed by atoms with E-state index in [1.54, 1.807) is 20.4 Å². The van der Waals surface area contributed by atoms with Gasteiger partial charge in [-0.3, -0.25) is 4.99 Å². The fourth-order valence-corrected chi connectivity index (χ4v) is 1.49. The molecule has 6 heteroatoms. The van der Waals surface area contributed by atoms with E-state index in [-0.39, 0.29) is 11.0 Å². The van der Waals surface area contributed by atoms with Crippen LogP contribution in [0.15, 0.2) is 15.6 Å². The summed E-state index contributed by atoms with van der Waals surface area (Å²) in [4.78, 5) is 8.44. The average Bonchev–Trinajstić information content (AvgIpc) is 2.88. The summed E-state index contributed by atoms with van der Waals surface area (Å²) in [6.45, 7) is 11.5. The molecule has 0 fully saturated rings. The second-order valence-corrected chi connectivity index (χ2v) is 6.61. The predicted octanol–water partition coefficient (Wildman–Crippen LogP) is 2.06. The van der Waals surface area contributed by atoms with Gasteiger partial charge in [0.2, 0.25) is 5.89 Å². The predicted molar refractivity (Wildman–Crippen MR) is 84.5 cm³/mol. The lowest BCUT2D eigenvalue weighted by molar-refractivity contribution is 0.0268. The van der Waals surface area contributed by atoms with E-state index in [1.165, 1.54) is 0 Å². The smallest absolute Gasteiger partial charge is 0.213 e. The third kappa shape index (κ3) is 5.75. The number of hydrogen-bond donors (Lipinski definition) is 2. The molecule has 0 aromatic carbocycles. The summed E-state index contributed by atoms with van der Waals surface area (Å²) in [5, 5.41) is 6.39. The Morgan fingerprint density at radius 2 is 1.95 bits per heavy atom. The zero-order valence-electron chi connectivity index (χ0n) is 14.2. The lowest BCUT2D eigenvalue weighted by Gasteiger charge is -2.24. The fraction of sp³-hybridized carbons (Fsp3) is 0.733. The van der Waals surface area contributed by atoms with Crippen LogP contribution in [0.25, 0.3) is 0 Å². The zero-order chi connectivity index (χ0) is 16.1. The van der Waals surface area contributed by atoms with Crippen LogP contribution in [-0.2, 0) is 16.7 Å². The molecule has 0 saturated carbocycles. The second-order valence-electron chi connectivity index (χ2n) is 6.61. The van der Waals surface area contributed by atoms with E-state index in [9.17, 15) is 0 Å². The van der Waals surface area contributed by atoms with Gasteiger partial charge in [-0.15, -0.1) is 0 Å². The van der Waals surface area contributed by atoms with Crippen molar-refractivity contribution in [3.8, 4) is 0 Å². The molecule has 1 rings (SSSR count). The standard InChI is InChI=1S/C15H28N4O2/c1-14(2,3)11-8-17-12(21-11)9-18-13(16-6)19-10-15(4,5)20-7/h8H,9-10H2,1-7H3,(H2,16,18,19). The van der Waals surface area contributed by atoms with Gasteiger partial charge in [-0.05, 0) is 13.8 Å². The molecular weight excluding hydrogens is 268 g/mol. The Labute approximate surface area is 127 Å². The molecule has 0 radical (unpaired) electrons. The van der Waals surface area contributed by atoms with Crippen molar-refractivity contribution in [3.05, 3.63) is 17.8 Å². The molecule has 1 aromatic rings. The normalized spacial score (nSPS) is 13.4. The Kier molecular flexibility index (Phi) is 5.78. The number of aromatic nitrogens is 1. The summed E-state index contributed by atoms with van der Waals surface area (Å²) < 4.78 is 11.1. The zero-order valence-corrected chi connectivity index (χ0v) is 14.2. The molecular formula is C15H28N4O2. The maximum atomic E-state index is 5.73. The first-order valence-electron chi connectivity index (χ1n) is 7.13. The van der Waals surface area contributed by atoms with Crippen molar-refractivity contribution in [1.29, 1.82) is 0 Å². The van der Waals surface area contributed by atoms with Gasteiger partial charge >= 0.3 is 0 Å². The molecule has 0 aliphatic carbocycles. The fourth-order valence-electron chi connectivity index (χ4n) is 1.49. The van der Waals surface area contributed by atoms with E-state index in [0.29, 0.717) is 24.9 Å². The Hall–Kier alpha value is -1.56. The minimum Gasteiger partial charge on any atom is -0.443 e. The topological polar surface area (TPSA) is 71.7 Å². The van der Waals surface area contributed by atoms with Gasteiger partial charge in [-0.25, -0.2) is 4.98 Å². The minimum atomic E-state index is -0.250. The van der Waals surface area contributed by atoms with Crippen LogP contribution < -0.4 is 10.6 Å². The Bertz CT molecular complexity index is 472. The molecule has 2 N–H and O–H groups in total. The van der Waals surface area contributed by atoms with Crippen molar-refractivity contribution in [3.63, 3.8) is 0 Å². The van der Waals surface area contributed by atoms with Crippen LogP contribution in [-0.4, -0.2) is 37.2 Å². The van der Waals surface area contributed by atoms with Crippen LogP contribution in [0, 0.1) is 0 Å². The third-order valence-corrected chi connectivity index (χ3v) is 3.16. The first-order chi connectivity index (χ1) is 9.68. The Morgan fingerprint density at radius 3 is 2.43 bits per heavy atom. The SMILES string of the molecule is CN=C(NCc1ncc(C(C)(C)C)o1)NCC(C)(C)OC. The highest BCUT2D eigenvalue weighted by Crippen LogP contribution is 2.22. The molecule has 0 saturated heterocycles. The molecule has 120 valence electrons. The highest BCUT2D eigenvalue weighted by Gasteiger charge is 2.19. The molecule has 6 nitrogen and oxygen atoms in total. The molecule has 1 heterocycles. The first-order valence-corrected chi connectivity index (χ1v) is 7.13. The van der Waals surface area contributed by atoms with Crippen LogP contribution in [0.4, 0.5) is 0 Å². The lowest BCUT2D eigenvalue weighted by atomic mass is 9.94. The Balaban J connectivity index is 2.51. The highest BCUT2D eigenvalue weighted by molar-refractivity contribution is 5.79. The van der Waals surface area contributed by atoms with Gasteiger partial charge in [-0.1, -0.05) is 20.8 Å². The Morgan fingerprint density at radius 1 is 1.29 bits per heavy atom. The number of nitrogens with zero attached hydrogens (tertiary/aromatic N) is 2. The van der Waals surface area contributed by atoms with Crippen molar-refractivity contribution in [2.75, 3.05) is 20.7 Å². The first kappa shape index (κ1) is 17.5. The van der Waals surface area contributed by atoms with Crippen molar-refractivity contribution in [2.24, 2.45) is 4.99 Å². The van der Waals surface area contributed by atoms with E-state index < -0.39 is 0 Å². The number of nitrogens with one attached hydrogen (secondary N) is 2. The number of ether oxygens (including phenoxy) is 1. The van der Waals surface area contributed by atoms with Crippen molar-refractivity contribution < 1.29 is 9.15 Å². The third-order valence-electron chi connectivity index (χ3n) is 3.16. The van der Waals surface area contributed by atoms with Crippen LogP contribution in [0.3, 0.4) is 0 Å². The van der Waals surface area contributed by atoms with E-state index in [0.717, 1.165) is 5.76 Å². The number of hydrogen-bond acceptors (Lipinski definition) is 4. The van der Waals surface area contributed by atoms with Gasteiger partial charge in [0.15, 0.2) is 5.96 Å². The van der Waals surface area contributed by atoms with Gasteiger partial charge in [0.25, 0.3) is 0 Å². The molecule has 0 aliphatic rings. The largest absolute Gasteiger partial charge is 0.443 e. The van der Waals surface area contributed by atoms with Crippen LogP contribution in [0.2, 0.25) is 0 Å². The average molecular weight is 296 g/mol. The maximum Gasteiger partial charge on any atom is 0.213 e. The summed E-state index contributed by atoms with van der Waals surface area (Å²) in [7, 11) is 3.42.